The minimum absolute atomic E-state index is 0.113. The Balaban J connectivity index is 0.872. The Morgan fingerprint density at radius 1 is 0.269 bits per heavy atom. The normalized spacial score (nSPS) is 13.6. The molecule has 0 unspecified atom stereocenters. The van der Waals surface area contributed by atoms with Crippen LogP contribution in [-0.4, -0.2) is 29.3 Å². The van der Waals surface area contributed by atoms with Gasteiger partial charge in [-0.2, -0.15) is 0 Å². The molecule has 16 aromatic rings. The molecule has 0 spiro atoms. The predicted octanol–water partition coefficient (Wildman–Crippen LogP) is 19.4. The van der Waals surface area contributed by atoms with Crippen LogP contribution in [-0.2, 0) is 0 Å². The Morgan fingerprint density at radius 3 is 1.14 bits per heavy atom. The first kappa shape index (κ1) is 63.4. The number of hydrogen-bond donors (Lipinski definition) is 1. The number of ether oxygens (including phenoxy) is 1. The Labute approximate surface area is 633 Å². The highest BCUT2D eigenvalue weighted by Gasteiger charge is 2.50. The first-order valence-electron chi connectivity index (χ1n) is 38.6. The molecule has 0 atom stereocenters. The topological polar surface area (TPSA) is 37.6 Å². The van der Waals surface area contributed by atoms with Crippen molar-refractivity contribution in [1.29, 1.82) is 0 Å². The van der Waals surface area contributed by atoms with Crippen molar-refractivity contribution >= 4 is 158 Å². The summed E-state index contributed by atoms with van der Waals surface area (Å²) in [6, 6.07) is 81.5. The summed E-state index contributed by atoms with van der Waals surface area (Å²) in [4.78, 5) is 5.32. The average molecular weight is 1390 g/mol. The molecule has 0 saturated heterocycles. The van der Waals surface area contributed by atoms with Gasteiger partial charge in [-0.1, -0.05) is 173 Å². The molecule has 108 heavy (non-hydrogen) atoms. The van der Waals surface area contributed by atoms with Crippen LogP contribution < -0.4 is 69.0 Å². The smallest absolute Gasteiger partial charge is 0.256 e. The van der Waals surface area contributed by atoms with E-state index in [0.717, 1.165) is 45.5 Å². The third-order valence-electron chi connectivity index (χ3n) is 25.5. The van der Waals surface area contributed by atoms with Crippen LogP contribution in [0.1, 0.15) is 83.5 Å². The molecule has 0 bridgehead atoms. The largest absolute Gasteiger partial charge is 0.458 e. The highest BCUT2D eigenvalue weighted by atomic mass is 16.5. The van der Waals surface area contributed by atoms with Gasteiger partial charge in [0, 0.05) is 84.1 Å². The van der Waals surface area contributed by atoms with Crippen molar-refractivity contribution in [2.45, 2.75) is 104 Å². The number of anilines is 8. The maximum Gasteiger partial charge on any atom is 0.256 e. The van der Waals surface area contributed by atoms with E-state index in [-0.39, 0.29) is 20.1 Å². The first-order valence-corrected chi connectivity index (χ1v) is 38.6. The average Bonchev–Trinajstić information content (AvgIpc) is 0.978. The molecular formula is C99H80B3N5O. The summed E-state index contributed by atoms with van der Waals surface area (Å²) in [5.74, 6) is 1.76. The number of fused-ring (bicyclic) bond motifs is 18. The Kier molecular flexibility index (Phi) is 13.0. The van der Waals surface area contributed by atoms with E-state index in [0.29, 0.717) is 0 Å². The molecule has 8 heterocycles. The second kappa shape index (κ2) is 22.1. The van der Waals surface area contributed by atoms with E-state index in [1.54, 1.807) is 0 Å². The minimum atomic E-state index is -0.277. The van der Waals surface area contributed by atoms with Gasteiger partial charge in [0.1, 0.15) is 11.5 Å². The molecule has 0 radical (unpaired) electrons. The summed E-state index contributed by atoms with van der Waals surface area (Å²) in [7, 11) is 0. The van der Waals surface area contributed by atoms with Gasteiger partial charge in [0.15, 0.2) is 0 Å². The number of nitrogens with one attached hydrogen (secondary N) is 1. The number of aromatic nitrogens is 2. The van der Waals surface area contributed by atoms with Crippen LogP contribution in [0, 0.1) is 104 Å². The van der Waals surface area contributed by atoms with Gasteiger partial charge < -0.3 is 29.0 Å². The standard InChI is InChI=1S/C99H80B3N5O/c1-50-30-55(6)90(56(7)31-50)65-40-79-93-84(41-65)104-80-28-18-16-22-68(80)70-24-20-26-72(98(70)104)100(93)74-46-75-82(48-78(74)103-79)106(96-61(12)36-53(4)37-62(96)13)87-44-67(92-59(10)34-52(3)35-60(92)11)45-89-95(87)102(75)77-47-76-83(49-88(77)108-89)107(97-63(14)38-54(5)39-64(97)15)86-43-66(91-57(8)32-51(2)33-58(91)9)42-85-94(86)101(76)73-27-21-25-71-69-23-17-19-29-81(69)105(85)99(71)73/h16-49,103H,1-15H3. The summed E-state index contributed by atoms with van der Waals surface area (Å²) >= 11 is 0. The van der Waals surface area contributed by atoms with Crippen LogP contribution in [0.5, 0.6) is 11.5 Å². The van der Waals surface area contributed by atoms with Crippen LogP contribution >= 0.6 is 0 Å². The Bertz CT molecular complexity index is 6810. The van der Waals surface area contributed by atoms with Crippen molar-refractivity contribution in [3.05, 3.63) is 290 Å². The van der Waals surface area contributed by atoms with Crippen LogP contribution in [0.15, 0.2) is 206 Å². The zero-order valence-electron chi connectivity index (χ0n) is 64.1. The number of rotatable bonds is 5. The van der Waals surface area contributed by atoms with Gasteiger partial charge in [0.25, 0.3) is 20.1 Å². The maximum absolute atomic E-state index is 8.11. The summed E-state index contributed by atoms with van der Waals surface area (Å²) in [5, 5.41) is 9.43. The molecule has 14 aromatic carbocycles. The molecule has 2 aromatic heterocycles. The first-order chi connectivity index (χ1) is 52.2. The summed E-state index contributed by atoms with van der Waals surface area (Å²) in [5.41, 5.74) is 54.3. The van der Waals surface area contributed by atoms with Crippen molar-refractivity contribution in [1.82, 2.24) is 9.13 Å². The van der Waals surface area contributed by atoms with Crippen molar-refractivity contribution in [3.63, 3.8) is 0 Å². The highest BCUT2D eigenvalue weighted by molar-refractivity contribution is 7.04. The van der Waals surface area contributed by atoms with Crippen molar-refractivity contribution < 1.29 is 4.74 Å². The molecule has 0 saturated carbocycles. The lowest BCUT2D eigenvalue weighted by Crippen LogP contribution is -2.65. The SMILES string of the molecule is Cc1cc(C)c(-c2cc3c4c(c2)N(c2c(C)cc(C)cc2C)c2cc5c(cc2B4c2cc4c(cc2O3)N(c2c(C)cc(C)cc2C)c2cc(-c3c(C)cc(C)cc3C)cc3c2B4c2cccc4c6ccccc6n-3c24)B2c3c(cc(-c4c(C)cc(C)cc4C)cc3-n3c4ccccc4c4cccc2c43)N5)c(C)c1. The number of para-hydroxylation sites is 4. The molecule has 6 aliphatic heterocycles. The Hall–Kier alpha value is -11.9. The quantitative estimate of drug-likeness (QED) is 0.174. The van der Waals surface area contributed by atoms with E-state index in [1.165, 1.54) is 232 Å². The van der Waals surface area contributed by atoms with Crippen LogP contribution in [0.4, 0.5) is 45.5 Å². The van der Waals surface area contributed by atoms with Gasteiger partial charge >= 0.3 is 0 Å². The number of hydrogen-bond acceptors (Lipinski definition) is 4. The monoisotopic (exact) mass is 1390 g/mol. The van der Waals surface area contributed by atoms with Gasteiger partial charge in [-0.15, -0.1) is 0 Å². The van der Waals surface area contributed by atoms with Gasteiger partial charge in [0.2, 0.25) is 0 Å². The fourth-order valence-corrected chi connectivity index (χ4v) is 22.3. The Morgan fingerprint density at radius 2 is 0.648 bits per heavy atom. The fraction of sp³-hybridized carbons (Fsp3) is 0.152. The van der Waals surface area contributed by atoms with Crippen LogP contribution in [0.25, 0.3) is 88.4 Å². The third-order valence-corrected chi connectivity index (χ3v) is 25.5. The molecule has 516 valence electrons. The number of nitrogens with zero attached hydrogens (tertiary/aromatic N) is 4. The van der Waals surface area contributed by atoms with E-state index in [4.69, 9.17) is 4.74 Å². The molecule has 0 amide bonds. The van der Waals surface area contributed by atoms with Gasteiger partial charge in [-0.3, -0.25) is 0 Å². The molecular weight excluding hydrogens is 1310 g/mol. The van der Waals surface area contributed by atoms with Crippen molar-refractivity contribution in [3.8, 4) is 56.3 Å². The van der Waals surface area contributed by atoms with Gasteiger partial charge in [-0.05, 0) is 297 Å². The van der Waals surface area contributed by atoms with E-state index in [9.17, 15) is 0 Å². The minimum Gasteiger partial charge on any atom is -0.458 e. The van der Waals surface area contributed by atoms with Crippen molar-refractivity contribution in [2.75, 3.05) is 15.1 Å². The third kappa shape index (κ3) is 8.48. The van der Waals surface area contributed by atoms with E-state index in [1.807, 2.05) is 0 Å². The zero-order valence-corrected chi connectivity index (χ0v) is 64.1. The number of benzene rings is 14. The van der Waals surface area contributed by atoms with Crippen molar-refractivity contribution in [2.24, 2.45) is 0 Å². The molecule has 1 N–H and O–H groups in total. The predicted molar refractivity (Wildman–Crippen MR) is 462 cm³/mol. The van der Waals surface area contributed by atoms with E-state index >= 15 is 0 Å². The summed E-state index contributed by atoms with van der Waals surface area (Å²) in [6.07, 6.45) is 0. The highest BCUT2D eigenvalue weighted by Crippen LogP contribution is 2.52. The lowest BCUT2D eigenvalue weighted by molar-refractivity contribution is 0.488. The van der Waals surface area contributed by atoms with Gasteiger partial charge in [0.05, 0.1) is 22.4 Å². The second-order valence-corrected chi connectivity index (χ2v) is 32.9. The summed E-state index contributed by atoms with van der Waals surface area (Å²) in [6.45, 7) is 33.7. The molecule has 0 aliphatic carbocycles. The zero-order chi connectivity index (χ0) is 73.4. The molecule has 6 nitrogen and oxygen atoms in total. The van der Waals surface area contributed by atoms with Crippen LogP contribution in [0.3, 0.4) is 0 Å². The number of aryl methyl sites for hydroxylation is 15. The lowest BCUT2D eigenvalue weighted by Gasteiger charge is -2.45. The van der Waals surface area contributed by atoms with Gasteiger partial charge in [-0.25, -0.2) is 0 Å². The van der Waals surface area contributed by atoms with Crippen LogP contribution in [0.2, 0.25) is 0 Å². The summed E-state index contributed by atoms with van der Waals surface area (Å²) < 4.78 is 13.3. The lowest BCUT2D eigenvalue weighted by atomic mass is 9.29. The maximum atomic E-state index is 8.11. The van der Waals surface area contributed by atoms with E-state index < -0.39 is 0 Å². The fourth-order valence-electron chi connectivity index (χ4n) is 22.3. The molecule has 9 heteroatoms. The molecule has 0 fully saturated rings. The molecule has 22 rings (SSSR count). The second-order valence-electron chi connectivity index (χ2n) is 32.9. The van der Waals surface area contributed by atoms with E-state index in [2.05, 4.69) is 334 Å². The molecule has 6 aliphatic rings.